The van der Waals surface area contributed by atoms with Crippen LogP contribution in [0, 0.1) is 0 Å². The molecular formula is C31H35F4N7O3. The largest absolute Gasteiger partial charge is 0.495 e. The first kappa shape index (κ1) is 31.8. The Morgan fingerprint density at radius 1 is 1.09 bits per heavy atom. The monoisotopic (exact) mass is 629 g/mol. The molecule has 1 saturated heterocycles. The fourth-order valence-electron chi connectivity index (χ4n) is 5.62. The van der Waals surface area contributed by atoms with E-state index in [1.165, 1.54) is 23.8 Å². The van der Waals surface area contributed by atoms with E-state index in [4.69, 9.17) is 4.74 Å². The van der Waals surface area contributed by atoms with Gasteiger partial charge >= 0.3 is 6.18 Å². The number of aromatic hydroxyl groups is 1. The molecule has 5 rings (SSSR count). The molecule has 1 aliphatic rings. The van der Waals surface area contributed by atoms with Gasteiger partial charge in [0.1, 0.15) is 23.8 Å². The fraction of sp³-hybridized carbons (Fsp3) is 0.387. The maximum Gasteiger partial charge on any atom is 0.421 e. The van der Waals surface area contributed by atoms with Crippen molar-refractivity contribution >= 4 is 39.8 Å². The number of halogens is 4. The summed E-state index contributed by atoms with van der Waals surface area (Å²) in [6.07, 6.45) is -1.36. The molecule has 14 heteroatoms. The summed E-state index contributed by atoms with van der Waals surface area (Å²) in [5.41, 5.74) is 0.364. The average molecular weight is 630 g/mol. The molecule has 0 spiro atoms. The van der Waals surface area contributed by atoms with E-state index < -0.39 is 24.2 Å². The second kappa shape index (κ2) is 13.6. The normalized spacial score (nSPS) is 13.7. The Morgan fingerprint density at radius 3 is 2.56 bits per heavy atom. The summed E-state index contributed by atoms with van der Waals surface area (Å²) in [5.74, 6) is -1.01. The van der Waals surface area contributed by atoms with E-state index in [-0.39, 0.29) is 41.1 Å². The lowest BCUT2D eigenvalue weighted by atomic mass is 10.1. The number of anilines is 4. The molecule has 0 radical (unpaired) electrons. The van der Waals surface area contributed by atoms with Crippen LogP contribution < -0.4 is 20.7 Å². The molecule has 2 aromatic heterocycles. The molecule has 2 aromatic carbocycles. The zero-order chi connectivity index (χ0) is 32.1. The smallest absolute Gasteiger partial charge is 0.421 e. The minimum atomic E-state index is -4.80. The first-order valence-electron chi connectivity index (χ1n) is 14.7. The molecule has 1 fully saturated rings. The standard InChI is InChI=1S/C31H35F4N7O3/c1-3-24-20-7-6-8-23(26(20)29(44)42(24)15-11-32)38-27-21(31(33,34)35)18-37-30(40-27)39-22-10-9-19(17-25(22)45-2)28(43)36-12-16-41-13-4-5-14-41/h6-10,17-18,44H,3-5,11-16H2,1-2H3,(H,36,43)(H2,37,38,39,40). The number of hydrogen-bond donors (Lipinski definition) is 4. The van der Waals surface area contributed by atoms with E-state index >= 15 is 0 Å². The number of carbonyl (C=O) groups is 1. The molecule has 1 aliphatic heterocycles. The summed E-state index contributed by atoms with van der Waals surface area (Å²) in [7, 11) is 1.41. The van der Waals surface area contributed by atoms with Gasteiger partial charge in [0.15, 0.2) is 0 Å². The number of benzene rings is 2. The molecule has 240 valence electrons. The number of nitrogens with one attached hydrogen (secondary N) is 3. The lowest BCUT2D eigenvalue weighted by Gasteiger charge is -2.17. The quantitative estimate of drug-likeness (QED) is 0.141. The average Bonchev–Trinajstić information content (AvgIpc) is 3.63. The van der Waals surface area contributed by atoms with Crippen molar-refractivity contribution in [3.63, 3.8) is 0 Å². The molecule has 45 heavy (non-hydrogen) atoms. The molecule has 1 amide bonds. The van der Waals surface area contributed by atoms with Crippen molar-refractivity contribution in [3.05, 3.63) is 59.4 Å². The van der Waals surface area contributed by atoms with Crippen molar-refractivity contribution in [1.29, 1.82) is 0 Å². The molecule has 4 N–H and O–H groups in total. The number of ether oxygens (including phenoxy) is 1. The number of amides is 1. The summed E-state index contributed by atoms with van der Waals surface area (Å²) in [6.45, 7) is 4.34. The molecule has 4 aromatic rings. The third-order valence-electron chi connectivity index (χ3n) is 7.79. The molecule has 0 atom stereocenters. The molecule has 3 heterocycles. The first-order chi connectivity index (χ1) is 21.6. The van der Waals surface area contributed by atoms with Gasteiger partial charge in [-0.2, -0.15) is 18.2 Å². The van der Waals surface area contributed by atoms with Gasteiger partial charge in [0.25, 0.3) is 5.91 Å². The predicted molar refractivity (Wildman–Crippen MR) is 164 cm³/mol. The van der Waals surface area contributed by atoms with Crippen LogP contribution in [0.15, 0.2) is 42.6 Å². The molecule has 10 nitrogen and oxygen atoms in total. The number of rotatable bonds is 12. The van der Waals surface area contributed by atoms with E-state index in [1.54, 1.807) is 24.3 Å². The highest BCUT2D eigenvalue weighted by atomic mass is 19.4. The van der Waals surface area contributed by atoms with Gasteiger partial charge in [-0.3, -0.25) is 4.79 Å². The van der Waals surface area contributed by atoms with Crippen LogP contribution in [-0.2, 0) is 19.1 Å². The number of likely N-dealkylation sites (tertiary alicyclic amines) is 1. The van der Waals surface area contributed by atoms with Crippen LogP contribution in [0.3, 0.4) is 0 Å². The minimum Gasteiger partial charge on any atom is -0.495 e. The van der Waals surface area contributed by atoms with Crippen molar-refractivity contribution in [1.82, 2.24) is 24.8 Å². The van der Waals surface area contributed by atoms with Crippen molar-refractivity contribution in [2.24, 2.45) is 0 Å². The van der Waals surface area contributed by atoms with Gasteiger partial charge < -0.3 is 35.3 Å². The Balaban J connectivity index is 1.41. The predicted octanol–water partition coefficient (Wildman–Crippen LogP) is 6.01. The summed E-state index contributed by atoms with van der Waals surface area (Å²) < 4.78 is 62.2. The van der Waals surface area contributed by atoms with Gasteiger partial charge in [0.05, 0.1) is 30.4 Å². The first-order valence-corrected chi connectivity index (χ1v) is 14.7. The van der Waals surface area contributed by atoms with Gasteiger partial charge in [-0.25, -0.2) is 9.37 Å². The zero-order valence-electron chi connectivity index (χ0n) is 25.0. The Hall–Kier alpha value is -4.59. The number of carbonyl (C=O) groups excluding carboxylic acids is 1. The van der Waals surface area contributed by atoms with Crippen LogP contribution in [0.2, 0.25) is 0 Å². The lowest BCUT2D eigenvalue weighted by molar-refractivity contribution is -0.137. The third-order valence-corrected chi connectivity index (χ3v) is 7.79. The van der Waals surface area contributed by atoms with Crippen molar-refractivity contribution in [2.45, 2.75) is 38.9 Å². The van der Waals surface area contributed by atoms with Crippen molar-refractivity contribution in [2.75, 3.05) is 50.6 Å². The second-order valence-electron chi connectivity index (χ2n) is 10.6. The van der Waals surface area contributed by atoms with Crippen LogP contribution in [0.1, 0.15) is 41.4 Å². The molecule has 0 saturated carbocycles. The molecule has 0 aliphatic carbocycles. The number of fused-ring (bicyclic) bond motifs is 1. The van der Waals surface area contributed by atoms with Gasteiger partial charge in [-0.1, -0.05) is 19.1 Å². The Kier molecular flexibility index (Phi) is 9.61. The third kappa shape index (κ3) is 6.90. The number of nitrogens with zero attached hydrogens (tertiary/aromatic N) is 4. The van der Waals surface area contributed by atoms with Gasteiger partial charge in [0, 0.05) is 35.9 Å². The Morgan fingerprint density at radius 2 is 1.87 bits per heavy atom. The van der Waals surface area contributed by atoms with Crippen LogP contribution in [-0.4, -0.2) is 70.4 Å². The van der Waals surface area contributed by atoms with Crippen molar-refractivity contribution < 1.29 is 32.2 Å². The maximum absolute atomic E-state index is 14.0. The van der Waals surface area contributed by atoms with E-state index in [1.807, 2.05) is 6.92 Å². The van der Waals surface area contributed by atoms with Crippen LogP contribution >= 0.6 is 0 Å². The number of hydrogen-bond acceptors (Lipinski definition) is 8. The summed E-state index contributed by atoms with van der Waals surface area (Å²) in [5, 5.41) is 20.3. The Labute approximate surface area is 257 Å². The second-order valence-corrected chi connectivity index (χ2v) is 10.6. The van der Waals surface area contributed by atoms with E-state index in [9.17, 15) is 27.5 Å². The summed E-state index contributed by atoms with van der Waals surface area (Å²) in [6, 6.07) is 9.50. The SMILES string of the molecule is CCc1c2cccc(Nc3nc(Nc4ccc(C(=O)NCCN5CCCC5)cc4OC)ncc3C(F)(F)F)c2c(O)n1CCF. The van der Waals surface area contributed by atoms with E-state index in [2.05, 4.69) is 30.8 Å². The number of aromatic nitrogens is 3. The molecule has 0 unspecified atom stereocenters. The van der Waals surface area contributed by atoms with Gasteiger partial charge in [-0.05, 0) is 56.6 Å². The molecular weight excluding hydrogens is 594 g/mol. The Bertz CT molecular complexity index is 1670. The van der Waals surface area contributed by atoms with E-state index in [0.29, 0.717) is 41.5 Å². The highest BCUT2D eigenvalue weighted by Gasteiger charge is 2.36. The van der Waals surface area contributed by atoms with Gasteiger partial charge in [0.2, 0.25) is 11.8 Å². The summed E-state index contributed by atoms with van der Waals surface area (Å²) >= 11 is 0. The van der Waals surface area contributed by atoms with Crippen LogP contribution in [0.25, 0.3) is 10.8 Å². The van der Waals surface area contributed by atoms with Crippen LogP contribution in [0.4, 0.5) is 40.7 Å². The van der Waals surface area contributed by atoms with Crippen LogP contribution in [0.5, 0.6) is 11.6 Å². The molecule has 0 bridgehead atoms. The number of aryl methyl sites for hydroxylation is 1. The van der Waals surface area contributed by atoms with Gasteiger partial charge in [-0.15, -0.1) is 0 Å². The minimum absolute atomic E-state index is 0.0978. The topological polar surface area (TPSA) is 117 Å². The fourth-order valence-corrected chi connectivity index (χ4v) is 5.62. The van der Waals surface area contributed by atoms with Crippen molar-refractivity contribution in [3.8, 4) is 11.6 Å². The highest BCUT2D eigenvalue weighted by Crippen LogP contribution is 2.41. The van der Waals surface area contributed by atoms with E-state index in [0.717, 1.165) is 32.5 Å². The number of alkyl halides is 4. The lowest BCUT2D eigenvalue weighted by Crippen LogP contribution is -2.33. The number of methoxy groups -OCH3 is 1. The highest BCUT2D eigenvalue weighted by molar-refractivity contribution is 6.01. The summed E-state index contributed by atoms with van der Waals surface area (Å²) in [4.78, 5) is 23.0. The zero-order valence-corrected chi connectivity index (χ0v) is 25.0. The maximum atomic E-state index is 14.0.